The molecule has 1 fully saturated rings. The van der Waals surface area contributed by atoms with Crippen LogP contribution in [0.5, 0.6) is 0 Å². The first-order chi connectivity index (χ1) is 15.4. The summed E-state index contributed by atoms with van der Waals surface area (Å²) >= 11 is 0. The number of rotatable bonds is 10. The van der Waals surface area contributed by atoms with E-state index in [0.29, 0.717) is 4.57 Å². The van der Waals surface area contributed by atoms with E-state index in [1.54, 1.807) is 0 Å². The normalized spacial score (nSPS) is 26.6. The number of aromatic amines is 1. The molecule has 6 atom stereocenters. The SMILES string of the molecule is CC(=O)OC1C(O)C(COP(=O)(O)OP(=O)(O)OP(=O)(O)O)OC1n1cc(CO)c(=O)[nH]c1=O. The van der Waals surface area contributed by atoms with Gasteiger partial charge in [0, 0.05) is 13.1 Å². The summed E-state index contributed by atoms with van der Waals surface area (Å²) in [5.74, 6) is -0.953. The Balaban J connectivity index is 2.25. The molecule has 0 radical (unpaired) electrons. The molecule has 1 aliphatic rings. The third kappa shape index (κ3) is 7.73. The second-order valence-electron chi connectivity index (χ2n) is 6.50. The van der Waals surface area contributed by atoms with Crippen molar-refractivity contribution in [2.75, 3.05) is 6.61 Å². The Hall–Kier alpha value is -1.56. The predicted octanol–water partition coefficient (Wildman–Crippen LogP) is -2.44. The second kappa shape index (κ2) is 10.6. The number of nitrogens with zero attached hydrogens (tertiary/aromatic N) is 1. The molecular weight excluding hydrogens is 537 g/mol. The molecule has 0 saturated carbocycles. The van der Waals surface area contributed by atoms with Gasteiger partial charge in [0.25, 0.3) is 5.56 Å². The van der Waals surface area contributed by atoms with Gasteiger partial charge in [0.15, 0.2) is 12.3 Å². The third-order valence-electron chi connectivity index (χ3n) is 3.92. The summed E-state index contributed by atoms with van der Waals surface area (Å²) in [5, 5.41) is 19.6. The van der Waals surface area contributed by atoms with Crippen LogP contribution in [0.15, 0.2) is 15.8 Å². The van der Waals surface area contributed by atoms with Crippen molar-refractivity contribution in [1.29, 1.82) is 0 Å². The first kappa shape index (κ1) is 28.7. The first-order valence-corrected chi connectivity index (χ1v) is 13.2. The lowest BCUT2D eigenvalue weighted by Gasteiger charge is -2.21. The molecule has 7 N–H and O–H groups in total. The third-order valence-corrected chi connectivity index (χ3v) is 7.72. The van der Waals surface area contributed by atoms with E-state index in [9.17, 15) is 43.2 Å². The van der Waals surface area contributed by atoms with Gasteiger partial charge in [-0.1, -0.05) is 0 Å². The van der Waals surface area contributed by atoms with E-state index < -0.39 is 78.4 Å². The zero-order valence-corrected chi connectivity index (χ0v) is 19.4. The molecule has 1 aliphatic heterocycles. The van der Waals surface area contributed by atoms with Crippen LogP contribution >= 0.6 is 23.5 Å². The molecule has 194 valence electrons. The average molecular weight is 556 g/mol. The number of aliphatic hydroxyl groups excluding tert-OH is 2. The molecule has 34 heavy (non-hydrogen) atoms. The number of phosphoric ester groups is 1. The van der Waals surface area contributed by atoms with Crippen LogP contribution in [0.25, 0.3) is 0 Å². The van der Waals surface area contributed by atoms with E-state index in [0.717, 1.165) is 13.1 Å². The lowest BCUT2D eigenvalue weighted by atomic mass is 10.1. The molecular formula is C12H19N2O17P3. The number of ether oxygens (including phenoxy) is 2. The van der Waals surface area contributed by atoms with Crippen LogP contribution in [0, 0.1) is 0 Å². The molecule has 0 spiro atoms. The zero-order valence-electron chi connectivity index (χ0n) is 16.8. The number of carbonyl (C=O) groups is 1. The van der Waals surface area contributed by atoms with Gasteiger partial charge in [0.05, 0.1) is 18.8 Å². The average Bonchev–Trinajstić information content (AvgIpc) is 2.92. The number of aliphatic hydroxyl groups is 2. The maximum Gasteiger partial charge on any atom is 0.490 e. The van der Waals surface area contributed by atoms with Gasteiger partial charge >= 0.3 is 35.1 Å². The van der Waals surface area contributed by atoms with E-state index >= 15 is 0 Å². The number of hydrogen-bond donors (Lipinski definition) is 7. The van der Waals surface area contributed by atoms with Gasteiger partial charge in [0.2, 0.25) is 0 Å². The number of phosphoric acid groups is 3. The topological polar surface area (TPSA) is 291 Å². The fourth-order valence-corrected chi connectivity index (χ4v) is 5.73. The van der Waals surface area contributed by atoms with E-state index in [1.165, 1.54) is 0 Å². The lowest BCUT2D eigenvalue weighted by Crippen LogP contribution is -2.41. The van der Waals surface area contributed by atoms with Crippen molar-refractivity contribution < 1.29 is 70.9 Å². The molecule has 2 rings (SSSR count). The lowest BCUT2D eigenvalue weighted by molar-refractivity contribution is -0.156. The van der Waals surface area contributed by atoms with E-state index in [-0.39, 0.29) is 5.56 Å². The van der Waals surface area contributed by atoms with Crippen LogP contribution in [-0.2, 0) is 47.7 Å². The van der Waals surface area contributed by atoms with Crippen LogP contribution in [0.1, 0.15) is 18.7 Å². The van der Waals surface area contributed by atoms with Crippen LogP contribution in [0.3, 0.4) is 0 Å². The molecule has 6 unspecified atom stereocenters. The van der Waals surface area contributed by atoms with E-state index in [4.69, 9.17) is 24.2 Å². The highest BCUT2D eigenvalue weighted by Gasteiger charge is 2.49. The van der Waals surface area contributed by atoms with Gasteiger partial charge in [-0.2, -0.15) is 8.62 Å². The maximum atomic E-state index is 12.2. The summed E-state index contributed by atoms with van der Waals surface area (Å²) in [4.78, 5) is 72.8. The second-order valence-corrected chi connectivity index (χ2v) is 10.9. The fourth-order valence-electron chi connectivity index (χ4n) is 2.70. The number of H-pyrrole nitrogens is 1. The van der Waals surface area contributed by atoms with Gasteiger partial charge < -0.3 is 39.3 Å². The van der Waals surface area contributed by atoms with Crippen molar-refractivity contribution in [3.05, 3.63) is 32.6 Å². The summed E-state index contributed by atoms with van der Waals surface area (Å²) in [6, 6.07) is 0. The standard InChI is InChI=1S/C12H19N2O17P3/c1-5(16)28-9-8(17)7(4-27-33(23,24)31-34(25,26)30-32(20,21)22)29-11(9)14-2-6(3-15)10(18)13-12(14)19/h2,7-9,11,15,17H,3-4H2,1H3,(H,23,24)(H,25,26)(H,13,18,19)(H2,20,21,22). The Morgan fingerprint density at radius 3 is 2.29 bits per heavy atom. The number of carbonyl (C=O) groups excluding carboxylic acids is 1. The van der Waals surface area contributed by atoms with Crippen LogP contribution < -0.4 is 11.2 Å². The molecule has 19 nitrogen and oxygen atoms in total. The first-order valence-electron chi connectivity index (χ1n) is 8.69. The molecule has 2 heterocycles. The van der Waals surface area contributed by atoms with Crippen molar-refractivity contribution in [2.24, 2.45) is 0 Å². The number of hydrogen-bond acceptors (Lipinski definition) is 13. The summed E-state index contributed by atoms with van der Waals surface area (Å²) in [6.45, 7) is -0.985. The molecule has 0 aromatic carbocycles. The van der Waals surface area contributed by atoms with Gasteiger partial charge in [0.1, 0.15) is 12.2 Å². The van der Waals surface area contributed by atoms with Crippen molar-refractivity contribution in [3.8, 4) is 0 Å². The van der Waals surface area contributed by atoms with Gasteiger partial charge in [-0.25, -0.2) is 18.5 Å². The fraction of sp³-hybridized carbons (Fsp3) is 0.583. The van der Waals surface area contributed by atoms with Crippen molar-refractivity contribution in [2.45, 2.75) is 38.1 Å². The number of esters is 1. The van der Waals surface area contributed by atoms with Crippen LogP contribution in [-0.4, -0.2) is 70.2 Å². The van der Waals surface area contributed by atoms with Crippen LogP contribution in [0.2, 0.25) is 0 Å². The van der Waals surface area contributed by atoms with Crippen LogP contribution in [0.4, 0.5) is 0 Å². The van der Waals surface area contributed by atoms with Gasteiger partial charge in [-0.15, -0.1) is 0 Å². The zero-order chi connectivity index (χ0) is 26.1. The maximum absolute atomic E-state index is 12.2. The number of aromatic nitrogens is 2. The summed E-state index contributed by atoms with van der Waals surface area (Å²) in [7, 11) is -17.0. The Kier molecular flexibility index (Phi) is 8.93. The van der Waals surface area contributed by atoms with Crippen molar-refractivity contribution in [3.63, 3.8) is 0 Å². The monoisotopic (exact) mass is 556 g/mol. The van der Waals surface area contributed by atoms with Crippen molar-refractivity contribution in [1.82, 2.24) is 9.55 Å². The summed E-state index contributed by atoms with van der Waals surface area (Å²) < 4.78 is 56.2. The van der Waals surface area contributed by atoms with Gasteiger partial charge in [-0.05, 0) is 0 Å². The largest absolute Gasteiger partial charge is 0.490 e. The predicted molar refractivity (Wildman–Crippen MR) is 103 cm³/mol. The van der Waals surface area contributed by atoms with E-state index in [2.05, 4.69) is 13.1 Å². The summed E-state index contributed by atoms with van der Waals surface area (Å²) in [6.07, 6.45) is -5.97. The number of nitrogens with one attached hydrogen (secondary N) is 1. The Bertz CT molecular complexity index is 1170. The smallest absolute Gasteiger partial charge is 0.455 e. The minimum atomic E-state index is -5.80. The molecule has 1 aromatic rings. The quantitative estimate of drug-likeness (QED) is 0.116. The molecule has 0 amide bonds. The highest BCUT2D eigenvalue weighted by atomic mass is 31.3. The minimum absolute atomic E-state index is 0.309. The molecule has 1 saturated heterocycles. The molecule has 1 aromatic heterocycles. The molecule has 0 bridgehead atoms. The highest BCUT2D eigenvalue weighted by Crippen LogP contribution is 2.66. The Morgan fingerprint density at radius 2 is 1.76 bits per heavy atom. The Morgan fingerprint density at radius 1 is 1.15 bits per heavy atom. The minimum Gasteiger partial charge on any atom is -0.455 e. The highest BCUT2D eigenvalue weighted by molar-refractivity contribution is 7.66. The molecule has 22 heteroatoms. The van der Waals surface area contributed by atoms with Gasteiger partial charge in [-0.3, -0.25) is 23.7 Å². The van der Waals surface area contributed by atoms with E-state index in [1.807, 2.05) is 4.98 Å². The molecule has 0 aliphatic carbocycles. The Labute approximate surface area is 187 Å². The van der Waals surface area contributed by atoms with Crippen molar-refractivity contribution >= 4 is 29.4 Å². The summed E-state index contributed by atoms with van der Waals surface area (Å²) in [5.41, 5.74) is -2.35.